The van der Waals surface area contributed by atoms with Gasteiger partial charge in [0.15, 0.2) is 0 Å². The molecular formula is C10H21NO2. The quantitative estimate of drug-likeness (QED) is 0.718. The van der Waals surface area contributed by atoms with Crippen molar-refractivity contribution in [1.82, 2.24) is 5.32 Å². The summed E-state index contributed by atoms with van der Waals surface area (Å²) < 4.78 is 5.11. The fourth-order valence-electron chi connectivity index (χ4n) is 1.16. The van der Waals surface area contributed by atoms with E-state index in [9.17, 15) is 4.79 Å². The van der Waals surface area contributed by atoms with Crippen molar-refractivity contribution in [3.63, 3.8) is 0 Å². The largest absolute Gasteiger partial charge is 0.447 e. The summed E-state index contributed by atoms with van der Waals surface area (Å²) in [7, 11) is 0. The van der Waals surface area contributed by atoms with E-state index in [1.165, 1.54) is 0 Å². The molecule has 0 radical (unpaired) electrons. The molecule has 0 aliphatic heterocycles. The van der Waals surface area contributed by atoms with E-state index in [2.05, 4.69) is 19.2 Å². The maximum atomic E-state index is 11.1. The molecule has 13 heavy (non-hydrogen) atoms. The third-order valence-electron chi connectivity index (χ3n) is 1.63. The van der Waals surface area contributed by atoms with Gasteiger partial charge in [-0.2, -0.15) is 0 Å². The topological polar surface area (TPSA) is 38.3 Å². The molecular weight excluding hydrogens is 166 g/mol. The van der Waals surface area contributed by atoms with Crippen LogP contribution in [0.4, 0.5) is 4.79 Å². The Hall–Kier alpha value is -0.730. The average Bonchev–Trinajstić information content (AvgIpc) is 1.98. The standard InChI is InChI=1S/C10H21NO2/c1-5-6-11-10(12)13-9(4)7-8(2)3/h8-9H,5-7H2,1-4H3,(H,11,12)/t9-/m0/s1. The first-order chi connectivity index (χ1) is 6.06. The Morgan fingerprint density at radius 3 is 2.46 bits per heavy atom. The Morgan fingerprint density at radius 1 is 1.38 bits per heavy atom. The second-order valence-corrected chi connectivity index (χ2v) is 3.77. The van der Waals surface area contributed by atoms with Crippen molar-refractivity contribution >= 4 is 6.09 Å². The average molecular weight is 187 g/mol. The van der Waals surface area contributed by atoms with Gasteiger partial charge >= 0.3 is 6.09 Å². The zero-order valence-corrected chi connectivity index (χ0v) is 9.09. The van der Waals surface area contributed by atoms with Crippen molar-refractivity contribution in [1.29, 1.82) is 0 Å². The normalized spacial score (nSPS) is 12.7. The maximum absolute atomic E-state index is 11.1. The molecule has 0 aromatic heterocycles. The van der Waals surface area contributed by atoms with Crippen molar-refractivity contribution in [2.75, 3.05) is 6.54 Å². The van der Waals surface area contributed by atoms with Crippen LogP contribution in [0.25, 0.3) is 0 Å². The molecule has 0 unspecified atom stereocenters. The van der Waals surface area contributed by atoms with E-state index in [0.29, 0.717) is 12.5 Å². The molecule has 0 saturated heterocycles. The van der Waals surface area contributed by atoms with Gasteiger partial charge in [0.25, 0.3) is 0 Å². The van der Waals surface area contributed by atoms with Gasteiger partial charge in [-0.3, -0.25) is 0 Å². The summed E-state index contributed by atoms with van der Waals surface area (Å²) >= 11 is 0. The van der Waals surface area contributed by atoms with E-state index in [1.54, 1.807) is 0 Å². The Bertz CT molecular complexity index is 146. The van der Waals surface area contributed by atoms with Crippen LogP contribution in [-0.2, 0) is 4.74 Å². The van der Waals surface area contributed by atoms with Crippen molar-refractivity contribution < 1.29 is 9.53 Å². The summed E-state index contributed by atoms with van der Waals surface area (Å²) in [5.74, 6) is 0.564. The Balaban J connectivity index is 3.53. The molecule has 0 aromatic carbocycles. The third kappa shape index (κ3) is 7.62. The van der Waals surface area contributed by atoms with Crippen molar-refractivity contribution in [2.24, 2.45) is 5.92 Å². The van der Waals surface area contributed by atoms with Gasteiger partial charge < -0.3 is 10.1 Å². The molecule has 0 saturated carbocycles. The highest BCUT2D eigenvalue weighted by Gasteiger charge is 2.09. The van der Waals surface area contributed by atoms with E-state index >= 15 is 0 Å². The lowest BCUT2D eigenvalue weighted by atomic mass is 10.1. The fraction of sp³-hybridized carbons (Fsp3) is 0.900. The number of hydrogen-bond donors (Lipinski definition) is 1. The number of hydrogen-bond acceptors (Lipinski definition) is 2. The van der Waals surface area contributed by atoms with Crippen LogP contribution in [0.1, 0.15) is 40.5 Å². The Labute approximate surface area is 80.8 Å². The number of amides is 1. The highest BCUT2D eigenvalue weighted by Crippen LogP contribution is 2.07. The van der Waals surface area contributed by atoms with Gasteiger partial charge in [0.2, 0.25) is 0 Å². The van der Waals surface area contributed by atoms with Crippen molar-refractivity contribution in [3.05, 3.63) is 0 Å². The predicted molar refractivity (Wildman–Crippen MR) is 53.7 cm³/mol. The molecule has 1 atom stereocenters. The molecule has 3 nitrogen and oxygen atoms in total. The van der Waals surface area contributed by atoms with Gasteiger partial charge in [-0.15, -0.1) is 0 Å². The number of rotatable bonds is 5. The molecule has 3 heteroatoms. The lowest BCUT2D eigenvalue weighted by molar-refractivity contribution is 0.0954. The minimum absolute atomic E-state index is 0.0110. The van der Waals surface area contributed by atoms with Crippen LogP contribution < -0.4 is 5.32 Å². The van der Waals surface area contributed by atoms with Crippen molar-refractivity contribution in [3.8, 4) is 0 Å². The van der Waals surface area contributed by atoms with Gasteiger partial charge in [0.1, 0.15) is 6.10 Å². The zero-order chi connectivity index (χ0) is 10.3. The molecule has 0 heterocycles. The first kappa shape index (κ1) is 12.3. The first-order valence-electron chi connectivity index (χ1n) is 5.00. The van der Waals surface area contributed by atoms with Crippen LogP contribution >= 0.6 is 0 Å². The molecule has 0 aromatic rings. The smallest absolute Gasteiger partial charge is 0.407 e. The molecule has 0 bridgehead atoms. The number of ether oxygens (including phenoxy) is 1. The molecule has 0 spiro atoms. The fourth-order valence-corrected chi connectivity index (χ4v) is 1.16. The lowest BCUT2D eigenvalue weighted by Crippen LogP contribution is -2.28. The minimum atomic E-state index is -0.296. The second-order valence-electron chi connectivity index (χ2n) is 3.77. The second kappa shape index (κ2) is 6.75. The van der Waals surface area contributed by atoms with Gasteiger partial charge in [0, 0.05) is 6.54 Å². The van der Waals surface area contributed by atoms with Crippen LogP contribution in [0.3, 0.4) is 0 Å². The van der Waals surface area contributed by atoms with E-state index < -0.39 is 0 Å². The van der Waals surface area contributed by atoms with Gasteiger partial charge in [-0.05, 0) is 25.7 Å². The van der Waals surface area contributed by atoms with Crippen LogP contribution in [0.2, 0.25) is 0 Å². The number of carbonyl (C=O) groups excluding carboxylic acids is 1. The summed E-state index contributed by atoms with van der Waals surface area (Å²) in [4.78, 5) is 11.1. The first-order valence-corrected chi connectivity index (χ1v) is 5.00. The van der Waals surface area contributed by atoms with E-state index in [0.717, 1.165) is 12.8 Å². The molecule has 1 N–H and O–H groups in total. The predicted octanol–water partition coefficient (Wildman–Crippen LogP) is 2.56. The van der Waals surface area contributed by atoms with Crippen LogP contribution in [0, 0.1) is 5.92 Å². The summed E-state index contributed by atoms with van der Waals surface area (Å²) in [6, 6.07) is 0. The van der Waals surface area contributed by atoms with Crippen molar-refractivity contribution in [2.45, 2.75) is 46.6 Å². The molecule has 78 valence electrons. The SMILES string of the molecule is CCCNC(=O)O[C@@H](C)CC(C)C. The summed E-state index contributed by atoms with van der Waals surface area (Å²) in [6.07, 6.45) is 1.57. The molecule has 0 aliphatic carbocycles. The third-order valence-corrected chi connectivity index (χ3v) is 1.63. The zero-order valence-electron chi connectivity index (χ0n) is 9.09. The molecule has 0 aliphatic rings. The minimum Gasteiger partial charge on any atom is -0.447 e. The number of nitrogens with one attached hydrogen (secondary N) is 1. The van der Waals surface area contributed by atoms with Gasteiger partial charge in [-0.1, -0.05) is 20.8 Å². The lowest BCUT2D eigenvalue weighted by Gasteiger charge is -2.15. The van der Waals surface area contributed by atoms with Gasteiger partial charge in [0.05, 0.1) is 0 Å². The van der Waals surface area contributed by atoms with Gasteiger partial charge in [-0.25, -0.2) is 4.79 Å². The van der Waals surface area contributed by atoms with Crippen LogP contribution in [0.5, 0.6) is 0 Å². The summed E-state index contributed by atoms with van der Waals surface area (Å²) in [5, 5.41) is 2.68. The maximum Gasteiger partial charge on any atom is 0.407 e. The highest BCUT2D eigenvalue weighted by molar-refractivity contribution is 5.67. The van der Waals surface area contributed by atoms with E-state index in [-0.39, 0.29) is 12.2 Å². The Kier molecular flexibility index (Phi) is 6.37. The molecule has 1 amide bonds. The van der Waals surface area contributed by atoms with Crippen LogP contribution in [0.15, 0.2) is 0 Å². The number of alkyl carbamates (subject to hydrolysis) is 1. The molecule has 0 fully saturated rings. The summed E-state index contributed by atoms with van der Waals surface area (Å²) in [5.41, 5.74) is 0. The van der Waals surface area contributed by atoms with Crippen LogP contribution in [-0.4, -0.2) is 18.7 Å². The highest BCUT2D eigenvalue weighted by atomic mass is 16.6. The number of carbonyl (C=O) groups is 1. The summed E-state index contributed by atoms with van der Waals surface area (Å²) in [6.45, 7) is 8.85. The molecule has 0 rings (SSSR count). The van der Waals surface area contributed by atoms with E-state index in [4.69, 9.17) is 4.74 Å². The van der Waals surface area contributed by atoms with E-state index in [1.807, 2.05) is 13.8 Å². The Morgan fingerprint density at radius 2 is 2.00 bits per heavy atom. The monoisotopic (exact) mass is 187 g/mol.